The third-order valence-electron chi connectivity index (χ3n) is 6.66. The smallest absolute Gasteiger partial charge is 0.253 e. The molecule has 182 valence electrons. The molecule has 1 amide bonds. The summed E-state index contributed by atoms with van der Waals surface area (Å²) in [5.74, 6) is 0.109. The van der Waals surface area contributed by atoms with E-state index < -0.39 is 0 Å². The molecular formula is C31H32N4O. The molecule has 4 aromatic carbocycles. The van der Waals surface area contributed by atoms with Gasteiger partial charge in [-0.05, 0) is 54.6 Å². The Balaban J connectivity index is 1.45. The highest BCUT2D eigenvalue weighted by molar-refractivity contribution is 5.94. The summed E-state index contributed by atoms with van der Waals surface area (Å²) in [5, 5.41) is 0. The van der Waals surface area contributed by atoms with Crippen LogP contribution >= 0.6 is 0 Å². The van der Waals surface area contributed by atoms with Crippen molar-refractivity contribution in [1.29, 1.82) is 0 Å². The van der Waals surface area contributed by atoms with Crippen molar-refractivity contribution in [1.82, 2.24) is 4.90 Å². The quantitative estimate of drug-likeness (QED) is 0.332. The van der Waals surface area contributed by atoms with Crippen LogP contribution in [-0.4, -0.2) is 51.1 Å². The van der Waals surface area contributed by atoms with E-state index in [1.54, 1.807) is 0 Å². The lowest BCUT2D eigenvalue weighted by Gasteiger charge is -2.37. The van der Waals surface area contributed by atoms with Crippen molar-refractivity contribution < 1.29 is 4.79 Å². The molecule has 5 rings (SSSR count). The summed E-state index contributed by atoms with van der Waals surface area (Å²) in [4.78, 5) is 21.7. The van der Waals surface area contributed by atoms with Crippen molar-refractivity contribution >= 4 is 34.3 Å². The van der Waals surface area contributed by atoms with Crippen LogP contribution in [0.25, 0.3) is 0 Å². The molecule has 0 aliphatic carbocycles. The minimum Gasteiger partial charge on any atom is -0.376 e. The van der Waals surface area contributed by atoms with Gasteiger partial charge in [0.15, 0.2) is 0 Å². The molecule has 0 spiro atoms. The second kappa shape index (κ2) is 10.6. The molecule has 1 heterocycles. The third-order valence-corrected chi connectivity index (χ3v) is 6.66. The Bertz CT molecular complexity index is 1240. The maximum Gasteiger partial charge on any atom is 0.253 e. The van der Waals surface area contributed by atoms with Crippen molar-refractivity contribution in [3.05, 3.63) is 115 Å². The van der Waals surface area contributed by atoms with Gasteiger partial charge < -0.3 is 19.6 Å². The molecule has 0 saturated carbocycles. The lowest BCUT2D eigenvalue weighted by Crippen LogP contribution is -2.48. The van der Waals surface area contributed by atoms with E-state index >= 15 is 0 Å². The maximum atomic E-state index is 12.9. The number of carbonyl (C=O) groups is 1. The number of benzene rings is 4. The average molecular weight is 477 g/mol. The van der Waals surface area contributed by atoms with Crippen molar-refractivity contribution in [3.63, 3.8) is 0 Å². The summed E-state index contributed by atoms with van der Waals surface area (Å²) in [7, 11) is 4.17. The molecule has 5 heteroatoms. The Morgan fingerprint density at radius 3 is 1.69 bits per heavy atom. The van der Waals surface area contributed by atoms with Gasteiger partial charge in [-0.25, -0.2) is 0 Å². The zero-order valence-corrected chi connectivity index (χ0v) is 20.9. The SMILES string of the molecule is CN(C)c1ccc(N2CCN(C(=O)c3ccccc3)CC2)cc1N(c1ccccc1)c1ccccc1. The van der Waals surface area contributed by atoms with E-state index in [4.69, 9.17) is 0 Å². The van der Waals surface area contributed by atoms with Crippen LogP contribution in [0.3, 0.4) is 0 Å². The van der Waals surface area contributed by atoms with Crippen LogP contribution in [0.5, 0.6) is 0 Å². The number of carbonyl (C=O) groups excluding carboxylic acids is 1. The van der Waals surface area contributed by atoms with Gasteiger partial charge >= 0.3 is 0 Å². The van der Waals surface area contributed by atoms with Crippen molar-refractivity contribution in [3.8, 4) is 0 Å². The molecule has 0 bridgehead atoms. The van der Waals surface area contributed by atoms with Crippen LogP contribution < -0.4 is 14.7 Å². The molecule has 36 heavy (non-hydrogen) atoms. The summed E-state index contributed by atoms with van der Waals surface area (Å²) in [6.45, 7) is 3.02. The first-order valence-electron chi connectivity index (χ1n) is 12.4. The predicted molar refractivity (Wildman–Crippen MR) is 150 cm³/mol. The number of rotatable bonds is 6. The van der Waals surface area contributed by atoms with Crippen LogP contribution in [0, 0.1) is 0 Å². The summed E-state index contributed by atoms with van der Waals surface area (Å²) >= 11 is 0. The highest BCUT2D eigenvalue weighted by Gasteiger charge is 2.24. The molecular weight excluding hydrogens is 444 g/mol. The number of hydrogen-bond acceptors (Lipinski definition) is 4. The minimum atomic E-state index is 0.109. The third kappa shape index (κ3) is 4.91. The van der Waals surface area contributed by atoms with E-state index in [-0.39, 0.29) is 5.91 Å². The first-order chi connectivity index (χ1) is 17.6. The van der Waals surface area contributed by atoms with Crippen molar-refractivity contribution in [2.45, 2.75) is 0 Å². The van der Waals surface area contributed by atoms with Gasteiger partial charge in [0, 0.05) is 62.9 Å². The van der Waals surface area contributed by atoms with Crippen LogP contribution in [0.1, 0.15) is 10.4 Å². The molecule has 0 N–H and O–H groups in total. The normalized spacial score (nSPS) is 13.4. The van der Waals surface area contributed by atoms with E-state index in [2.05, 4.69) is 95.5 Å². The number of para-hydroxylation sites is 2. The van der Waals surface area contributed by atoms with Gasteiger partial charge in [-0.15, -0.1) is 0 Å². The summed E-state index contributed by atoms with van der Waals surface area (Å²) in [6, 6.07) is 37.2. The van der Waals surface area contributed by atoms with Crippen LogP contribution in [0.2, 0.25) is 0 Å². The molecule has 0 aromatic heterocycles. The molecule has 0 atom stereocenters. The van der Waals surface area contributed by atoms with E-state index in [1.807, 2.05) is 47.4 Å². The van der Waals surface area contributed by atoms with Gasteiger partial charge in [-0.2, -0.15) is 0 Å². The Hall–Kier alpha value is -4.25. The Labute approximate surface area is 213 Å². The van der Waals surface area contributed by atoms with Gasteiger partial charge in [0.1, 0.15) is 0 Å². The average Bonchev–Trinajstić information content (AvgIpc) is 2.94. The highest BCUT2D eigenvalue weighted by Crippen LogP contribution is 2.41. The summed E-state index contributed by atoms with van der Waals surface area (Å²) < 4.78 is 0. The van der Waals surface area contributed by atoms with Gasteiger partial charge in [0.05, 0.1) is 11.4 Å². The topological polar surface area (TPSA) is 30.0 Å². The second-order valence-electron chi connectivity index (χ2n) is 9.22. The number of nitrogens with zero attached hydrogens (tertiary/aromatic N) is 4. The number of piperazine rings is 1. The first-order valence-corrected chi connectivity index (χ1v) is 12.4. The maximum absolute atomic E-state index is 12.9. The molecule has 1 aliphatic rings. The molecule has 5 nitrogen and oxygen atoms in total. The fraction of sp³-hybridized carbons (Fsp3) is 0.194. The molecule has 1 saturated heterocycles. The first kappa shape index (κ1) is 23.5. The minimum absolute atomic E-state index is 0.109. The summed E-state index contributed by atoms with van der Waals surface area (Å²) in [6.07, 6.45) is 0. The van der Waals surface area contributed by atoms with Crippen molar-refractivity contribution in [2.24, 2.45) is 0 Å². The van der Waals surface area contributed by atoms with E-state index in [1.165, 1.54) is 5.69 Å². The summed E-state index contributed by atoms with van der Waals surface area (Å²) in [5.41, 5.74) is 6.41. The van der Waals surface area contributed by atoms with E-state index in [0.29, 0.717) is 13.1 Å². The standard InChI is InChI=1S/C31H32N4O/c1-32(2)29-19-18-28(33-20-22-34(23-21-33)31(36)25-12-6-3-7-13-25)24-30(29)35(26-14-8-4-9-15-26)27-16-10-5-11-17-27/h3-19,24H,20-23H2,1-2H3. The molecule has 0 unspecified atom stereocenters. The highest BCUT2D eigenvalue weighted by atomic mass is 16.2. The van der Waals surface area contributed by atoms with E-state index in [9.17, 15) is 4.79 Å². The van der Waals surface area contributed by atoms with Crippen LogP contribution in [0.4, 0.5) is 28.4 Å². The van der Waals surface area contributed by atoms with Gasteiger partial charge in [-0.3, -0.25) is 4.79 Å². The van der Waals surface area contributed by atoms with Crippen LogP contribution in [0.15, 0.2) is 109 Å². The van der Waals surface area contributed by atoms with Crippen LogP contribution in [-0.2, 0) is 0 Å². The fourth-order valence-electron chi connectivity index (χ4n) is 4.78. The lowest BCUT2D eigenvalue weighted by molar-refractivity contribution is 0.0747. The monoisotopic (exact) mass is 476 g/mol. The second-order valence-corrected chi connectivity index (χ2v) is 9.22. The lowest BCUT2D eigenvalue weighted by atomic mass is 10.1. The van der Waals surface area contributed by atoms with Crippen molar-refractivity contribution in [2.75, 3.05) is 55.0 Å². The molecule has 1 fully saturated rings. The zero-order valence-electron chi connectivity index (χ0n) is 20.9. The largest absolute Gasteiger partial charge is 0.376 e. The van der Waals surface area contributed by atoms with Gasteiger partial charge in [-0.1, -0.05) is 54.6 Å². The van der Waals surface area contributed by atoms with E-state index in [0.717, 1.165) is 41.4 Å². The molecule has 1 aliphatic heterocycles. The Kier molecular flexibility index (Phi) is 6.89. The number of anilines is 5. The number of hydrogen-bond donors (Lipinski definition) is 0. The fourth-order valence-corrected chi connectivity index (χ4v) is 4.78. The molecule has 0 radical (unpaired) electrons. The Morgan fingerprint density at radius 2 is 1.17 bits per heavy atom. The molecule has 4 aromatic rings. The predicted octanol–water partition coefficient (Wildman–Crippen LogP) is 6.18. The zero-order chi connectivity index (χ0) is 24.9. The van der Waals surface area contributed by atoms with Gasteiger partial charge in [0.25, 0.3) is 5.91 Å². The Morgan fingerprint density at radius 1 is 0.639 bits per heavy atom. The van der Waals surface area contributed by atoms with Gasteiger partial charge in [0.2, 0.25) is 0 Å². The number of amides is 1.